The predicted molar refractivity (Wildman–Crippen MR) is 102 cm³/mol. The summed E-state index contributed by atoms with van der Waals surface area (Å²) in [5.41, 5.74) is 4.00. The Kier molecular flexibility index (Phi) is 6.75. The fraction of sp³-hybridized carbons (Fsp3) is 0.444. The van der Waals surface area contributed by atoms with Crippen molar-refractivity contribution in [3.8, 4) is 0 Å². The first kappa shape index (κ1) is 19.2. The van der Waals surface area contributed by atoms with Crippen molar-refractivity contribution in [1.82, 2.24) is 20.3 Å². The Labute approximate surface area is 153 Å². The van der Waals surface area contributed by atoms with E-state index in [4.69, 9.17) is 0 Å². The standard InChI is InChI=1S/C18H25N5OS/c1-12-15(13(2)22-18(21-12)25-5)6-7-17(24)20-11-14-8-9-19-16(10-14)23(3)4/h8-10H,6-7,11H2,1-5H3,(H,20,24). The molecule has 1 N–H and O–H groups in total. The lowest BCUT2D eigenvalue weighted by Gasteiger charge is -2.13. The highest BCUT2D eigenvalue weighted by atomic mass is 32.2. The van der Waals surface area contributed by atoms with E-state index in [2.05, 4.69) is 20.3 Å². The van der Waals surface area contributed by atoms with Crippen molar-refractivity contribution in [1.29, 1.82) is 0 Å². The van der Waals surface area contributed by atoms with Gasteiger partial charge in [-0.25, -0.2) is 15.0 Å². The van der Waals surface area contributed by atoms with Gasteiger partial charge in [0, 0.05) is 44.6 Å². The Morgan fingerprint density at radius 1 is 1.24 bits per heavy atom. The molecule has 0 fully saturated rings. The van der Waals surface area contributed by atoms with Crippen molar-refractivity contribution in [2.75, 3.05) is 25.3 Å². The minimum Gasteiger partial charge on any atom is -0.363 e. The van der Waals surface area contributed by atoms with E-state index in [1.165, 1.54) is 11.8 Å². The van der Waals surface area contributed by atoms with Gasteiger partial charge in [0.25, 0.3) is 0 Å². The largest absolute Gasteiger partial charge is 0.363 e. The number of anilines is 1. The van der Waals surface area contributed by atoms with Gasteiger partial charge in [-0.15, -0.1) is 0 Å². The average Bonchev–Trinajstić information content (AvgIpc) is 2.59. The van der Waals surface area contributed by atoms with E-state index in [1.54, 1.807) is 6.20 Å². The number of nitrogens with one attached hydrogen (secondary N) is 1. The number of rotatable bonds is 7. The third-order valence-corrected chi connectivity index (χ3v) is 4.49. The van der Waals surface area contributed by atoms with Crippen molar-refractivity contribution < 1.29 is 4.79 Å². The molecule has 0 saturated carbocycles. The van der Waals surface area contributed by atoms with Gasteiger partial charge >= 0.3 is 0 Å². The first-order valence-corrected chi connectivity index (χ1v) is 9.40. The number of aromatic nitrogens is 3. The lowest BCUT2D eigenvalue weighted by atomic mass is 10.1. The summed E-state index contributed by atoms with van der Waals surface area (Å²) in [6.45, 7) is 4.45. The number of aryl methyl sites for hydroxylation is 2. The summed E-state index contributed by atoms with van der Waals surface area (Å²) in [5, 5.41) is 3.74. The van der Waals surface area contributed by atoms with Crippen molar-refractivity contribution in [2.24, 2.45) is 0 Å². The number of carbonyl (C=O) groups is 1. The molecule has 2 aromatic heterocycles. The normalized spacial score (nSPS) is 10.6. The second kappa shape index (κ2) is 8.80. The maximum atomic E-state index is 12.2. The third kappa shape index (κ3) is 5.42. The molecule has 0 aromatic carbocycles. The molecule has 25 heavy (non-hydrogen) atoms. The van der Waals surface area contributed by atoms with Gasteiger partial charge in [-0.05, 0) is 49.8 Å². The third-order valence-electron chi connectivity index (χ3n) is 3.94. The van der Waals surface area contributed by atoms with E-state index in [0.29, 0.717) is 19.4 Å². The summed E-state index contributed by atoms with van der Waals surface area (Å²) in [5.74, 6) is 0.903. The lowest BCUT2D eigenvalue weighted by Crippen LogP contribution is -2.23. The minimum atomic E-state index is 0.0240. The number of thioether (sulfide) groups is 1. The van der Waals surface area contributed by atoms with Crippen LogP contribution in [0.25, 0.3) is 0 Å². The molecule has 0 aliphatic heterocycles. The molecule has 2 rings (SSSR count). The summed E-state index contributed by atoms with van der Waals surface area (Å²) in [7, 11) is 3.89. The molecule has 0 radical (unpaired) electrons. The van der Waals surface area contributed by atoms with Crippen molar-refractivity contribution >= 4 is 23.5 Å². The van der Waals surface area contributed by atoms with Crippen LogP contribution in [-0.2, 0) is 17.8 Å². The van der Waals surface area contributed by atoms with Crippen LogP contribution in [0.2, 0.25) is 0 Å². The van der Waals surface area contributed by atoms with Gasteiger partial charge in [0.2, 0.25) is 5.91 Å². The van der Waals surface area contributed by atoms with Crippen LogP contribution in [0.4, 0.5) is 5.82 Å². The van der Waals surface area contributed by atoms with E-state index in [-0.39, 0.29) is 5.91 Å². The van der Waals surface area contributed by atoms with Gasteiger partial charge in [0.05, 0.1) is 0 Å². The molecule has 2 aromatic rings. The van der Waals surface area contributed by atoms with Crippen LogP contribution >= 0.6 is 11.8 Å². The molecule has 6 nitrogen and oxygen atoms in total. The topological polar surface area (TPSA) is 71.0 Å². The van der Waals surface area contributed by atoms with E-state index < -0.39 is 0 Å². The molecule has 134 valence electrons. The number of amides is 1. The first-order valence-electron chi connectivity index (χ1n) is 8.17. The Bertz CT molecular complexity index is 725. The lowest BCUT2D eigenvalue weighted by molar-refractivity contribution is -0.121. The van der Waals surface area contributed by atoms with E-state index in [9.17, 15) is 4.79 Å². The summed E-state index contributed by atoms with van der Waals surface area (Å²) in [6, 6.07) is 3.89. The smallest absolute Gasteiger partial charge is 0.220 e. The molecular formula is C18H25N5OS. The number of nitrogens with zero attached hydrogens (tertiary/aromatic N) is 4. The van der Waals surface area contributed by atoms with Crippen LogP contribution in [0, 0.1) is 13.8 Å². The first-order chi connectivity index (χ1) is 11.9. The molecule has 0 saturated heterocycles. The molecule has 0 aliphatic carbocycles. The number of hydrogen-bond acceptors (Lipinski definition) is 6. The second-order valence-electron chi connectivity index (χ2n) is 6.05. The van der Waals surface area contributed by atoms with E-state index in [1.807, 2.05) is 51.2 Å². The highest BCUT2D eigenvalue weighted by Crippen LogP contribution is 2.17. The van der Waals surface area contributed by atoms with Gasteiger partial charge in [0.15, 0.2) is 5.16 Å². The molecule has 7 heteroatoms. The molecular weight excluding hydrogens is 334 g/mol. The fourth-order valence-electron chi connectivity index (χ4n) is 2.50. The average molecular weight is 359 g/mol. The Balaban J connectivity index is 1.90. The molecule has 1 amide bonds. The zero-order chi connectivity index (χ0) is 18.4. The van der Waals surface area contributed by atoms with Gasteiger partial charge in [-0.1, -0.05) is 11.8 Å². The van der Waals surface area contributed by atoms with Crippen LogP contribution < -0.4 is 10.2 Å². The van der Waals surface area contributed by atoms with Crippen LogP contribution in [0.1, 0.15) is 28.9 Å². The van der Waals surface area contributed by atoms with Crippen LogP contribution in [-0.4, -0.2) is 41.2 Å². The number of pyridine rings is 1. The maximum Gasteiger partial charge on any atom is 0.220 e. The molecule has 0 bridgehead atoms. The van der Waals surface area contributed by atoms with Gasteiger partial charge in [-0.3, -0.25) is 4.79 Å². The molecule has 0 spiro atoms. The molecule has 0 unspecified atom stereocenters. The molecule has 0 atom stereocenters. The zero-order valence-electron chi connectivity index (χ0n) is 15.5. The quantitative estimate of drug-likeness (QED) is 0.605. The van der Waals surface area contributed by atoms with E-state index >= 15 is 0 Å². The maximum absolute atomic E-state index is 12.2. The van der Waals surface area contributed by atoms with E-state index in [0.717, 1.165) is 33.5 Å². The monoisotopic (exact) mass is 359 g/mol. The summed E-state index contributed by atoms with van der Waals surface area (Å²) in [6.07, 6.45) is 4.79. The minimum absolute atomic E-state index is 0.0240. The van der Waals surface area contributed by atoms with Crippen LogP contribution in [0.3, 0.4) is 0 Å². The van der Waals surface area contributed by atoms with Gasteiger partial charge in [0.1, 0.15) is 5.82 Å². The summed E-state index contributed by atoms with van der Waals surface area (Å²) < 4.78 is 0. The Morgan fingerprint density at radius 2 is 1.92 bits per heavy atom. The molecule has 0 aliphatic rings. The second-order valence-corrected chi connectivity index (χ2v) is 6.83. The fourth-order valence-corrected chi connectivity index (χ4v) is 2.96. The summed E-state index contributed by atoms with van der Waals surface area (Å²) in [4.78, 5) is 27.3. The zero-order valence-corrected chi connectivity index (χ0v) is 16.3. The van der Waals surface area contributed by atoms with Crippen molar-refractivity contribution in [3.63, 3.8) is 0 Å². The number of carbonyl (C=O) groups excluding carboxylic acids is 1. The Morgan fingerprint density at radius 3 is 2.52 bits per heavy atom. The number of hydrogen-bond donors (Lipinski definition) is 1. The van der Waals surface area contributed by atoms with Gasteiger partial charge in [-0.2, -0.15) is 0 Å². The highest BCUT2D eigenvalue weighted by molar-refractivity contribution is 7.98. The van der Waals surface area contributed by atoms with Gasteiger partial charge < -0.3 is 10.2 Å². The Hall–Kier alpha value is -2.15. The van der Waals surface area contributed by atoms with Crippen molar-refractivity contribution in [3.05, 3.63) is 40.8 Å². The molecule has 2 heterocycles. The highest BCUT2D eigenvalue weighted by Gasteiger charge is 2.10. The SMILES string of the molecule is CSc1nc(C)c(CCC(=O)NCc2ccnc(N(C)C)c2)c(C)n1. The van der Waals surface area contributed by atoms with Crippen molar-refractivity contribution in [2.45, 2.75) is 38.4 Å². The van der Waals surface area contributed by atoms with Crippen LogP contribution in [0.5, 0.6) is 0 Å². The predicted octanol–water partition coefficient (Wildman–Crippen LogP) is 2.53. The van der Waals surface area contributed by atoms with Crippen LogP contribution in [0.15, 0.2) is 23.5 Å². The summed E-state index contributed by atoms with van der Waals surface area (Å²) >= 11 is 1.53.